The van der Waals surface area contributed by atoms with E-state index in [2.05, 4.69) is 10.4 Å². The highest BCUT2D eigenvalue weighted by atomic mass is 35.5. The molecular formula is C17H18ClN5O4. The minimum absolute atomic E-state index is 0.0566. The number of hydrogen-bond acceptors (Lipinski definition) is 5. The van der Waals surface area contributed by atoms with E-state index in [1.54, 1.807) is 11.9 Å². The number of nitrogens with zero attached hydrogens (tertiary/aromatic N) is 4. The Hall–Kier alpha value is -2.94. The van der Waals surface area contributed by atoms with Gasteiger partial charge in [-0.1, -0.05) is 11.6 Å². The number of piperidine rings is 1. The zero-order chi connectivity index (χ0) is 19.6. The highest BCUT2D eigenvalue weighted by Crippen LogP contribution is 2.26. The van der Waals surface area contributed by atoms with E-state index in [0.29, 0.717) is 13.1 Å². The van der Waals surface area contributed by atoms with Gasteiger partial charge in [0.15, 0.2) is 0 Å². The zero-order valence-corrected chi connectivity index (χ0v) is 15.4. The first-order chi connectivity index (χ1) is 12.9. The standard InChI is InChI=1S/C17H18ClN5O4/c1-21-15(17(25)22-7-3-2-4-8-22)13(10-19-21)20-16(24)11-5-6-12(18)14(9-11)23(26)27/h5-6,9-10H,2-4,7-8H2,1H3,(H,20,24). The van der Waals surface area contributed by atoms with E-state index in [1.807, 2.05) is 0 Å². The van der Waals surface area contributed by atoms with Crippen LogP contribution in [0.25, 0.3) is 0 Å². The molecule has 3 rings (SSSR count). The Bertz CT molecular complexity index is 905. The number of amides is 2. The molecule has 0 bridgehead atoms. The average molecular weight is 392 g/mol. The molecule has 0 unspecified atom stereocenters. The Morgan fingerprint density at radius 1 is 1.26 bits per heavy atom. The van der Waals surface area contributed by atoms with E-state index in [0.717, 1.165) is 25.3 Å². The molecule has 0 atom stereocenters. The van der Waals surface area contributed by atoms with Crippen LogP contribution in [0.1, 0.15) is 40.1 Å². The van der Waals surface area contributed by atoms with Gasteiger partial charge in [0.25, 0.3) is 17.5 Å². The van der Waals surface area contributed by atoms with E-state index in [9.17, 15) is 19.7 Å². The van der Waals surface area contributed by atoms with Gasteiger partial charge in [-0.05, 0) is 31.4 Å². The summed E-state index contributed by atoms with van der Waals surface area (Å²) in [5.74, 6) is -0.789. The molecule has 0 aliphatic carbocycles. The van der Waals surface area contributed by atoms with Crippen molar-refractivity contribution in [3.63, 3.8) is 0 Å². The minimum Gasteiger partial charge on any atom is -0.337 e. The third-order valence-corrected chi connectivity index (χ3v) is 4.76. The number of halogens is 1. The molecule has 1 aromatic carbocycles. The number of carbonyl (C=O) groups excluding carboxylic acids is 2. The molecule has 2 aromatic rings. The smallest absolute Gasteiger partial charge is 0.288 e. The monoisotopic (exact) mass is 391 g/mol. The molecule has 1 aliphatic heterocycles. The number of aromatic nitrogens is 2. The summed E-state index contributed by atoms with van der Waals surface area (Å²) in [4.78, 5) is 37.4. The Balaban J connectivity index is 1.84. The first-order valence-corrected chi connectivity index (χ1v) is 8.83. The van der Waals surface area contributed by atoms with Gasteiger partial charge in [-0.15, -0.1) is 0 Å². The second kappa shape index (κ2) is 7.75. The maximum absolute atomic E-state index is 12.8. The van der Waals surface area contributed by atoms with Crippen molar-refractivity contribution >= 4 is 34.8 Å². The van der Waals surface area contributed by atoms with Crippen LogP contribution in [0.4, 0.5) is 11.4 Å². The van der Waals surface area contributed by atoms with Gasteiger partial charge in [0.2, 0.25) is 0 Å². The number of anilines is 1. The number of nitro benzene ring substituents is 1. The molecule has 27 heavy (non-hydrogen) atoms. The van der Waals surface area contributed by atoms with E-state index < -0.39 is 10.8 Å². The van der Waals surface area contributed by atoms with E-state index in [4.69, 9.17) is 11.6 Å². The molecule has 1 aromatic heterocycles. The van der Waals surface area contributed by atoms with Crippen LogP contribution in [0.2, 0.25) is 5.02 Å². The number of likely N-dealkylation sites (tertiary alicyclic amines) is 1. The first kappa shape index (κ1) is 18.8. The number of nitrogens with one attached hydrogen (secondary N) is 1. The molecule has 0 spiro atoms. The zero-order valence-electron chi connectivity index (χ0n) is 14.6. The lowest BCUT2D eigenvalue weighted by atomic mass is 10.1. The van der Waals surface area contributed by atoms with Gasteiger partial charge in [-0.25, -0.2) is 0 Å². The molecule has 142 valence electrons. The quantitative estimate of drug-likeness (QED) is 0.636. The van der Waals surface area contributed by atoms with Crippen molar-refractivity contribution in [1.82, 2.24) is 14.7 Å². The molecular weight excluding hydrogens is 374 g/mol. The molecule has 0 saturated carbocycles. The lowest BCUT2D eigenvalue weighted by Gasteiger charge is -2.27. The van der Waals surface area contributed by atoms with Gasteiger partial charge in [-0.2, -0.15) is 5.10 Å². The fourth-order valence-electron chi connectivity index (χ4n) is 3.02. The fourth-order valence-corrected chi connectivity index (χ4v) is 3.20. The predicted molar refractivity (Wildman–Crippen MR) is 99.0 cm³/mol. The second-order valence-corrected chi connectivity index (χ2v) is 6.67. The van der Waals surface area contributed by atoms with Crippen LogP contribution in [0, 0.1) is 10.1 Å². The van der Waals surface area contributed by atoms with Crippen LogP contribution in [-0.2, 0) is 7.05 Å². The number of rotatable bonds is 4. The average Bonchev–Trinajstić information content (AvgIpc) is 3.02. The molecule has 2 heterocycles. The van der Waals surface area contributed by atoms with Crippen LogP contribution in [0.15, 0.2) is 24.4 Å². The summed E-state index contributed by atoms with van der Waals surface area (Å²) in [7, 11) is 1.62. The molecule has 0 radical (unpaired) electrons. The van der Waals surface area contributed by atoms with Gasteiger partial charge in [0.05, 0.1) is 16.8 Å². The van der Waals surface area contributed by atoms with Crippen molar-refractivity contribution in [1.29, 1.82) is 0 Å². The molecule has 2 amide bonds. The fraction of sp³-hybridized carbons (Fsp3) is 0.353. The predicted octanol–water partition coefficient (Wildman–Crippen LogP) is 2.86. The van der Waals surface area contributed by atoms with Crippen LogP contribution in [0.3, 0.4) is 0 Å². The van der Waals surface area contributed by atoms with Gasteiger partial charge in [-0.3, -0.25) is 24.4 Å². The summed E-state index contributed by atoms with van der Waals surface area (Å²) in [6, 6.07) is 3.77. The molecule has 10 heteroatoms. The van der Waals surface area contributed by atoms with Gasteiger partial charge < -0.3 is 10.2 Å². The van der Waals surface area contributed by atoms with Crippen molar-refractivity contribution in [3.8, 4) is 0 Å². The molecule has 9 nitrogen and oxygen atoms in total. The maximum Gasteiger partial charge on any atom is 0.288 e. The summed E-state index contributed by atoms with van der Waals surface area (Å²) >= 11 is 5.78. The third-order valence-electron chi connectivity index (χ3n) is 4.44. The summed E-state index contributed by atoms with van der Waals surface area (Å²) in [6.07, 6.45) is 4.37. The van der Waals surface area contributed by atoms with Crippen molar-refractivity contribution in [3.05, 3.63) is 50.8 Å². The number of carbonyl (C=O) groups is 2. The summed E-state index contributed by atoms with van der Waals surface area (Å²) in [5.41, 5.74) is 0.232. The molecule has 1 saturated heterocycles. The minimum atomic E-state index is -0.658. The normalized spacial score (nSPS) is 14.1. The largest absolute Gasteiger partial charge is 0.337 e. The van der Waals surface area contributed by atoms with Crippen molar-refractivity contribution in [2.24, 2.45) is 7.05 Å². The van der Waals surface area contributed by atoms with Crippen molar-refractivity contribution in [2.45, 2.75) is 19.3 Å². The Morgan fingerprint density at radius 3 is 2.63 bits per heavy atom. The molecule has 1 aliphatic rings. The van der Waals surface area contributed by atoms with E-state index in [-0.39, 0.29) is 33.6 Å². The number of nitro groups is 1. The highest BCUT2D eigenvalue weighted by molar-refractivity contribution is 6.32. The Morgan fingerprint density at radius 2 is 1.96 bits per heavy atom. The van der Waals surface area contributed by atoms with Crippen LogP contribution >= 0.6 is 11.6 Å². The Labute approximate surface area is 160 Å². The lowest BCUT2D eigenvalue weighted by molar-refractivity contribution is -0.384. The maximum atomic E-state index is 12.8. The Kier molecular flexibility index (Phi) is 5.41. The molecule has 1 fully saturated rings. The number of benzene rings is 1. The third kappa shape index (κ3) is 3.92. The van der Waals surface area contributed by atoms with Crippen LogP contribution < -0.4 is 5.32 Å². The second-order valence-electron chi connectivity index (χ2n) is 6.26. The first-order valence-electron chi connectivity index (χ1n) is 8.45. The van der Waals surface area contributed by atoms with Crippen molar-refractivity contribution in [2.75, 3.05) is 18.4 Å². The summed E-state index contributed by atoms with van der Waals surface area (Å²) in [6.45, 7) is 1.33. The van der Waals surface area contributed by atoms with Gasteiger partial charge >= 0.3 is 0 Å². The summed E-state index contributed by atoms with van der Waals surface area (Å²) < 4.78 is 1.41. The molecule has 1 N–H and O–H groups in total. The highest BCUT2D eigenvalue weighted by Gasteiger charge is 2.25. The number of hydrogen-bond donors (Lipinski definition) is 1. The van der Waals surface area contributed by atoms with Crippen LogP contribution in [-0.4, -0.2) is 44.5 Å². The van der Waals surface area contributed by atoms with E-state index in [1.165, 1.54) is 23.0 Å². The van der Waals surface area contributed by atoms with E-state index >= 15 is 0 Å². The van der Waals surface area contributed by atoms with Crippen LogP contribution in [0.5, 0.6) is 0 Å². The SMILES string of the molecule is Cn1ncc(NC(=O)c2ccc(Cl)c([N+](=O)[O-])c2)c1C(=O)N1CCCCC1. The summed E-state index contributed by atoms with van der Waals surface area (Å²) in [5, 5.41) is 17.6. The van der Waals surface area contributed by atoms with Crippen molar-refractivity contribution < 1.29 is 14.5 Å². The van der Waals surface area contributed by atoms with Gasteiger partial charge in [0.1, 0.15) is 10.7 Å². The van der Waals surface area contributed by atoms with Gasteiger partial charge in [0, 0.05) is 31.8 Å². The number of aryl methyl sites for hydroxylation is 1. The topological polar surface area (TPSA) is 110 Å². The lowest BCUT2D eigenvalue weighted by Crippen LogP contribution is -2.37.